The molecule has 0 aliphatic carbocycles. The van der Waals surface area contributed by atoms with Crippen LogP contribution in [0.2, 0.25) is 0 Å². The molecule has 1 amide bonds. The van der Waals surface area contributed by atoms with E-state index < -0.39 is 20.0 Å². The molecule has 0 aliphatic rings. The van der Waals surface area contributed by atoms with Crippen molar-refractivity contribution in [2.24, 2.45) is 5.73 Å². The molecule has 0 aromatic rings. The van der Waals surface area contributed by atoms with Crippen LogP contribution < -0.4 is 11.1 Å². The molecule has 0 heterocycles. The van der Waals surface area contributed by atoms with E-state index in [9.17, 15) is 19.4 Å². The minimum Gasteiger partial charge on any atom is -0.387 e. The molecule has 9 heteroatoms. The van der Waals surface area contributed by atoms with Crippen molar-refractivity contribution < 1.29 is 28.4 Å². The Morgan fingerprint density at radius 2 is 0.836 bits per heavy atom. The molecule has 0 aliphatic heterocycles. The molecule has 0 radical (unpaired) electrons. The lowest BCUT2D eigenvalue weighted by Crippen LogP contribution is -2.45. The van der Waals surface area contributed by atoms with E-state index in [4.69, 9.17) is 14.8 Å². The van der Waals surface area contributed by atoms with Gasteiger partial charge in [-0.2, -0.15) is 0 Å². The number of phosphoric acid groups is 1. The number of nitrogens with one attached hydrogen (secondary N) is 1. The molecule has 0 fully saturated rings. The number of nitrogens with two attached hydrogens (primary N) is 1. The Labute approximate surface area is 379 Å². The molecule has 8 nitrogen and oxygen atoms in total. The maximum absolute atomic E-state index is 12.8. The number of rotatable bonds is 51. The summed E-state index contributed by atoms with van der Waals surface area (Å²) in [6.45, 7) is 4.18. The molecule has 0 saturated carbocycles. The largest absolute Gasteiger partial charge is 0.472 e. The Balaban J connectivity index is 3.91. The summed E-state index contributed by atoms with van der Waals surface area (Å²) in [5, 5.41) is 13.7. The van der Waals surface area contributed by atoms with Gasteiger partial charge in [0.25, 0.3) is 0 Å². The first kappa shape index (κ1) is 60.2. The van der Waals surface area contributed by atoms with Crippen LogP contribution in [0.1, 0.15) is 284 Å². The van der Waals surface area contributed by atoms with Crippen LogP contribution in [0.25, 0.3) is 0 Å². The van der Waals surface area contributed by atoms with Gasteiger partial charge in [0.05, 0.1) is 25.4 Å². The Hall–Kier alpha value is -0.760. The van der Waals surface area contributed by atoms with Crippen molar-refractivity contribution in [1.29, 1.82) is 0 Å². The van der Waals surface area contributed by atoms with Gasteiger partial charge in [0.2, 0.25) is 5.91 Å². The third kappa shape index (κ3) is 47.0. The quantitative estimate of drug-likeness (QED) is 0.0272. The third-order valence-electron chi connectivity index (χ3n) is 12.4. The summed E-state index contributed by atoms with van der Waals surface area (Å²) in [5.74, 6) is -0.188. The molecule has 0 saturated heterocycles. The van der Waals surface area contributed by atoms with Gasteiger partial charge in [0.15, 0.2) is 0 Å². The number of carbonyl (C=O) groups excluding carboxylic acids is 1. The van der Waals surface area contributed by atoms with E-state index in [0.29, 0.717) is 6.42 Å². The van der Waals surface area contributed by atoms with Crippen molar-refractivity contribution in [3.63, 3.8) is 0 Å². The number of unbranched alkanes of at least 4 members (excludes halogenated alkanes) is 39. The van der Waals surface area contributed by atoms with Crippen molar-refractivity contribution >= 4 is 13.7 Å². The van der Waals surface area contributed by atoms with Crippen LogP contribution in [0.3, 0.4) is 0 Å². The molecule has 5 N–H and O–H groups in total. The molecule has 0 bridgehead atoms. The van der Waals surface area contributed by atoms with E-state index in [1.54, 1.807) is 6.08 Å². The van der Waals surface area contributed by atoms with Gasteiger partial charge < -0.3 is 21.1 Å². The van der Waals surface area contributed by atoms with Crippen LogP contribution in [0.4, 0.5) is 0 Å². The maximum Gasteiger partial charge on any atom is 0.472 e. The molecule has 0 spiro atoms. The lowest BCUT2D eigenvalue weighted by atomic mass is 10.0. The first-order chi connectivity index (χ1) is 29.9. The van der Waals surface area contributed by atoms with Crippen LogP contribution in [-0.2, 0) is 18.4 Å². The van der Waals surface area contributed by atoms with Crippen molar-refractivity contribution in [3.05, 3.63) is 12.2 Å². The van der Waals surface area contributed by atoms with E-state index in [1.165, 1.54) is 225 Å². The molecule has 3 atom stereocenters. The predicted molar refractivity (Wildman–Crippen MR) is 263 cm³/mol. The molecule has 61 heavy (non-hydrogen) atoms. The topological polar surface area (TPSA) is 131 Å². The monoisotopic (exact) mass is 885 g/mol. The SMILES string of the molecule is CCCCCCCCCCCCCC/C=C/[C@@H](O)[C@H](COP(=O)(O)OCCN)NC(=O)CCCCCCCCCCCCCCCCCCCCCCCCCCCCCC. The van der Waals surface area contributed by atoms with Gasteiger partial charge in [0.1, 0.15) is 0 Å². The molecule has 1 unspecified atom stereocenters. The zero-order valence-corrected chi connectivity index (χ0v) is 41.6. The Kier molecular flexibility index (Phi) is 48.1. The van der Waals surface area contributed by atoms with Crippen molar-refractivity contribution in [2.75, 3.05) is 19.8 Å². The average molecular weight is 885 g/mol. The zero-order chi connectivity index (χ0) is 44.6. The molecule has 0 rings (SSSR count). The smallest absolute Gasteiger partial charge is 0.387 e. The van der Waals surface area contributed by atoms with Gasteiger partial charge in [-0.3, -0.25) is 13.8 Å². The van der Waals surface area contributed by atoms with Crippen LogP contribution in [0.5, 0.6) is 0 Å². The number of phosphoric ester groups is 1. The number of hydrogen-bond donors (Lipinski definition) is 4. The van der Waals surface area contributed by atoms with E-state index in [-0.39, 0.29) is 25.7 Å². The fourth-order valence-corrected chi connectivity index (χ4v) is 9.07. The highest BCUT2D eigenvalue weighted by Gasteiger charge is 2.26. The molecule has 364 valence electrons. The number of amides is 1. The maximum atomic E-state index is 12.8. The van der Waals surface area contributed by atoms with Crippen molar-refractivity contribution in [1.82, 2.24) is 5.32 Å². The number of aliphatic hydroxyl groups excluding tert-OH is 1. The normalized spacial score (nSPS) is 13.9. The summed E-state index contributed by atoms with van der Waals surface area (Å²) in [5.41, 5.74) is 5.39. The lowest BCUT2D eigenvalue weighted by molar-refractivity contribution is -0.123. The Morgan fingerprint density at radius 3 is 1.16 bits per heavy atom. The second-order valence-corrected chi connectivity index (χ2v) is 19.9. The highest BCUT2D eigenvalue weighted by molar-refractivity contribution is 7.47. The van der Waals surface area contributed by atoms with Gasteiger partial charge in [-0.15, -0.1) is 0 Å². The molecule has 0 aromatic carbocycles. The van der Waals surface area contributed by atoms with Crippen LogP contribution >= 0.6 is 7.82 Å². The first-order valence-corrected chi connectivity index (χ1v) is 28.3. The van der Waals surface area contributed by atoms with E-state index in [2.05, 4.69) is 19.2 Å². The predicted octanol–water partition coefficient (Wildman–Crippen LogP) is 15.9. The second-order valence-electron chi connectivity index (χ2n) is 18.5. The molecule has 0 aromatic heterocycles. The standard InChI is InChI=1S/C52H105N2O6P/c1-3-5-7-9-11-13-15-17-19-20-21-22-23-24-25-26-27-28-29-30-31-32-34-36-38-40-42-44-46-52(56)54-50(49-60-61(57,58)59-48-47-53)51(55)45-43-41-39-37-35-33-18-16-14-12-10-8-6-4-2/h43,45,50-51,55H,3-42,44,46-49,53H2,1-2H3,(H,54,56)(H,57,58)/b45-43+/t50-,51+/m0/s1. The fraction of sp³-hybridized carbons (Fsp3) is 0.942. The van der Waals surface area contributed by atoms with E-state index in [1.807, 2.05) is 6.08 Å². The summed E-state index contributed by atoms with van der Waals surface area (Å²) >= 11 is 0. The third-order valence-corrected chi connectivity index (χ3v) is 13.3. The minimum atomic E-state index is -4.34. The summed E-state index contributed by atoms with van der Waals surface area (Å²) < 4.78 is 22.2. The summed E-state index contributed by atoms with van der Waals surface area (Å²) in [6.07, 6.45) is 57.2. The fourth-order valence-electron chi connectivity index (χ4n) is 8.31. The highest BCUT2D eigenvalue weighted by Crippen LogP contribution is 2.43. The van der Waals surface area contributed by atoms with Gasteiger partial charge in [-0.25, -0.2) is 4.57 Å². The van der Waals surface area contributed by atoms with Crippen molar-refractivity contribution in [2.45, 2.75) is 296 Å². The second kappa shape index (κ2) is 48.7. The van der Waals surface area contributed by atoms with Gasteiger partial charge >= 0.3 is 7.82 Å². The van der Waals surface area contributed by atoms with Crippen LogP contribution in [0, 0.1) is 0 Å². The van der Waals surface area contributed by atoms with Gasteiger partial charge in [-0.05, 0) is 19.3 Å². The van der Waals surface area contributed by atoms with E-state index in [0.717, 1.165) is 38.5 Å². The lowest BCUT2D eigenvalue weighted by Gasteiger charge is -2.23. The first-order valence-electron chi connectivity index (χ1n) is 26.8. The van der Waals surface area contributed by atoms with Gasteiger partial charge in [0, 0.05) is 13.0 Å². The van der Waals surface area contributed by atoms with Crippen molar-refractivity contribution in [3.8, 4) is 0 Å². The number of hydrogen-bond acceptors (Lipinski definition) is 6. The number of carbonyl (C=O) groups is 1. The number of allylic oxidation sites excluding steroid dienone is 1. The summed E-state index contributed by atoms with van der Waals surface area (Å²) in [7, 11) is -4.34. The van der Waals surface area contributed by atoms with Crippen LogP contribution in [0.15, 0.2) is 12.2 Å². The summed E-state index contributed by atoms with van der Waals surface area (Å²) in [6, 6.07) is -0.855. The molecular formula is C52H105N2O6P. The Morgan fingerprint density at radius 1 is 0.525 bits per heavy atom. The summed E-state index contributed by atoms with van der Waals surface area (Å²) in [4.78, 5) is 22.8. The molecular weight excluding hydrogens is 780 g/mol. The van der Waals surface area contributed by atoms with E-state index >= 15 is 0 Å². The van der Waals surface area contributed by atoms with Crippen LogP contribution in [-0.4, -0.2) is 47.8 Å². The zero-order valence-electron chi connectivity index (χ0n) is 40.7. The highest BCUT2D eigenvalue weighted by atomic mass is 31.2. The van der Waals surface area contributed by atoms with Gasteiger partial charge in [-0.1, -0.05) is 270 Å². The Bertz CT molecular complexity index is 968. The number of aliphatic hydroxyl groups is 1. The minimum absolute atomic E-state index is 0.0816. The average Bonchev–Trinajstić information content (AvgIpc) is 3.25.